The lowest BCUT2D eigenvalue weighted by Crippen LogP contribution is -2.44. The summed E-state index contributed by atoms with van der Waals surface area (Å²) in [7, 11) is 0. The van der Waals surface area contributed by atoms with Crippen molar-refractivity contribution in [1.29, 1.82) is 0 Å². The van der Waals surface area contributed by atoms with Crippen molar-refractivity contribution in [2.45, 2.75) is 43.9 Å². The summed E-state index contributed by atoms with van der Waals surface area (Å²) in [5.74, 6) is 2.26. The topological polar surface area (TPSA) is 90.9 Å². The van der Waals surface area contributed by atoms with Crippen LogP contribution in [0.5, 0.6) is 0 Å². The molecule has 0 radical (unpaired) electrons. The zero-order valence-electron chi connectivity index (χ0n) is 17.6. The molecule has 3 aliphatic rings. The molecule has 1 amide bonds. The lowest BCUT2D eigenvalue weighted by Gasteiger charge is -2.34. The van der Waals surface area contributed by atoms with Gasteiger partial charge in [0.1, 0.15) is 18.0 Å². The van der Waals surface area contributed by atoms with Gasteiger partial charge in [-0.3, -0.25) is 4.79 Å². The molecule has 1 unspecified atom stereocenters. The Labute approximate surface area is 181 Å². The van der Waals surface area contributed by atoms with Crippen LogP contribution in [0.15, 0.2) is 30.9 Å². The molecule has 3 aromatic rings. The number of amides is 1. The summed E-state index contributed by atoms with van der Waals surface area (Å²) in [6.07, 6.45) is 11.7. The lowest BCUT2D eigenvalue weighted by atomic mass is 9.96. The molecule has 6 rings (SSSR count). The van der Waals surface area contributed by atoms with Crippen LogP contribution in [-0.4, -0.2) is 61.9 Å². The SMILES string of the molecule is O=C(C1CCCN(c2ccc3[nH]c(C4(c5cncnc5)CC4)nc3n2)C1)N1CCCC1. The van der Waals surface area contributed by atoms with Gasteiger partial charge >= 0.3 is 0 Å². The molecule has 1 N–H and O–H groups in total. The lowest BCUT2D eigenvalue weighted by molar-refractivity contribution is -0.134. The van der Waals surface area contributed by atoms with E-state index in [-0.39, 0.29) is 11.3 Å². The van der Waals surface area contributed by atoms with Crippen molar-refractivity contribution in [3.63, 3.8) is 0 Å². The van der Waals surface area contributed by atoms with Gasteiger partial charge in [0, 0.05) is 44.1 Å². The number of imidazole rings is 1. The third kappa shape index (κ3) is 3.25. The van der Waals surface area contributed by atoms with Gasteiger partial charge in [-0.15, -0.1) is 0 Å². The highest BCUT2D eigenvalue weighted by atomic mass is 16.2. The van der Waals surface area contributed by atoms with E-state index in [0.29, 0.717) is 5.91 Å². The normalized spacial score (nSPS) is 22.8. The van der Waals surface area contributed by atoms with Crippen LogP contribution in [0.2, 0.25) is 0 Å². The molecule has 1 saturated carbocycles. The van der Waals surface area contributed by atoms with Crippen LogP contribution < -0.4 is 4.90 Å². The average Bonchev–Trinajstić information content (AvgIpc) is 3.24. The summed E-state index contributed by atoms with van der Waals surface area (Å²) < 4.78 is 0. The van der Waals surface area contributed by atoms with E-state index in [2.05, 4.69) is 32.0 Å². The van der Waals surface area contributed by atoms with Gasteiger partial charge in [0.25, 0.3) is 0 Å². The second kappa shape index (κ2) is 7.28. The number of hydrogen-bond donors (Lipinski definition) is 1. The van der Waals surface area contributed by atoms with Crippen molar-refractivity contribution >= 4 is 22.9 Å². The molecule has 160 valence electrons. The smallest absolute Gasteiger partial charge is 0.227 e. The van der Waals surface area contributed by atoms with Crippen LogP contribution in [0.4, 0.5) is 5.82 Å². The zero-order valence-corrected chi connectivity index (χ0v) is 17.6. The molecule has 3 fully saturated rings. The Morgan fingerprint density at radius 3 is 2.61 bits per heavy atom. The molecule has 8 heteroatoms. The maximum absolute atomic E-state index is 12.9. The number of anilines is 1. The number of aromatic amines is 1. The number of aromatic nitrogens is 5. The summed E-state index contributed by atoms with van der Waals surface area (Å²) in [5, 5.41) is 0. The maximum atomic E-state index is 12.9. The second-order valence-corrected chi connectivity index (χ2v) is 9.15. The summed E-state index contributed by atoms with van der Waals surface area (Å²) in [6, 6.07) is 4.12. The zero-order chi connectivity index (χ0) is 20.8. The van der Waals surface area contributed by atoms with Crippen LogP contribution in [0, 0.1) is 5.92 Å². The summed E-state index contributed by atoms with van der Waals surface area (Å²) in [4.78, 5) is 38.8. The molecule has 5 heterocycles. The molecular formula is C23H27N7O. The van der Waals surface area contributed by atoms with E-state index in [1.54, 1.807) is 6.33 Å². The number of nitrogens with one attached hydrogen (secondary N) is 1. The van der Waals surface area contributed by atoms with Crippen LogP contribution >= 0.6 is 0 Å². The number of rotatable bonds is 4. The van der Waals surface area contributed by atoms with E-state index in [1.807, 2.05) is 17.3 Å². The van der Waals surface area contributed by atoms with Gasteiger partial charge in [-0.1, -0.05) is 0 Å². The molecular weight excluding hydrogens is 390 g/mol. The third-order valence-electron chi connectivity index (χ3n) is 7.16. The minimum atomic E-state index is -0.111. The van der Waals surface area contributed by atoms with Gasteiger partial charge in [-0.2, -0.15) is 0 Å². The maximum Gasteiger partial charge on any atom is 0.227 e. The number of H-pyrrole nitrogens is 1. The van der Waals surface area contributed by atoms with Crippen molar-refractivity contribution in [3.05, 3.63) is 42.2 Å². The van der Waals surface area contributed by atoms with Gasteiger partial charge in [-0.05, 0) is 50.7 Å². The summed E-state index contributed by atoms with van der Waals surface area (Å²) in [5.41, 5.74) is 2.68. The van der Waals surface area contributed by atoms with Gasteiger partial charge in [-0.25, -0.2) is 19.9 Å². The number of carbonyl (C=O) groups excluding carboxylic acids is 1. The first-order valence-electron chi connectivity index (χ1n) is 11.4. The van der Waals surface area contributed by atoms with Gasteiger partial charge < -0.3 is 14.8 Å². The Morgan fingerprint density at radius 2 is 1.84 bits per heavy atom. The number of pyridine rings is 1. The molecule has 2 saturated heterocycles. The standard InChI is InChI=1S/C23H27N7O/c31-21(29-9-1-2-10-29)16-4-3-11-30(14-16)19-6-5-18-20(27-19)28-22(26-18)23(7-8-23)17-12-24-15-25-13-17/h5-6,12-13,15-16H,1-4,7-11,14H2,(H,26,27,28). The van der Waals surface area contributed by atoms with E-state index in [9.17, 15) is 4.79 Å². The highest BCUT2D eigenvalue weighted by Gasteiger charge is 2.49. The fourth-order valence-corrected chi connectivity index (χ4v) is 5.20. The van der Waals surface area contributed by atoms with Crippen molar-refractivity contribution in [1.82, 2.24) is 29.8 Å². The first-order chi connectivity index (χ1) is 15.2. The first kappa shape index (κ1) is 18.7. The largest absolute Gasteiger partial charge is 0.356 e. The van der Waals surface area contributed by atoms with Crippen molar-refractivity contribution in [3.8, 4) is 0 Å². The van der Waals surface area contributed by atoms with Crippen LogP contribution in [0.25, 0.3) is 11.2 Å². The Morgan fingerprint density at radius 1 is 1.03 bits per heavy atom. The van der Waals surface area contributed by atoms with Gasteiger partial charge in [0.2, 0.25) is 5.91 Å². The Kier molecular flexibility index (Phi) is 4.40. The Bertz CT molecular complexity index is 1100. The number of carbonyl (C=O) groups is 1. The number of fused-ring (bicyclic) bond motifs is 1. The molecule has 1 atom stereocenters. The molecule has 0 spiro atoms. The predicted molar refractivity (Wildman–Crippen MR) is 117 cm³/mol. The number of likely N-dealkylation sites (tertiary alicyclic amines) is 1. The van der Waals surface area contributed by atoms with Gasteiger partial charge in [0.05, 0.1) is 16.8 Å². The molecule has 1 aliphatic carbocycles. The number of nitrogens with zero attached hydrogens (tertiary/aromatic N) is 6. The average molecular weight is 418 g/mol. The minimum absolute atomic E-state index is 0.0758. The minimum Gasteiger partial charge on any atom is -0.356 e. The highest BCUT2D eigenvalue weighted by Crippen LogP contribution is 2.52. The number of hydrogen-bond acceptors (Lipinski definition) is 6. The van der Waals surface area contributed by atoms with E-state index >= 15 is 0 Å². The van der Waals surface area contributed by atoms with Crippen LogP contribution in [-0.2, 0) is 10.2 Å². The summed E-state index contributed by atoms with van der Waals surface area (Å²) in [6.45, 7) is 3.52. The van der Waals surface area contributed by atoms with Crippen molar-refractivity contribution < 1.29 is 4.79 Å². The van der Waals surface area contributed by atoms with Crippen molar-refractivity contribution in [2.24, 2.45) is 5.92 Å². The van der Waals surface area contributed by atoms with E-state index in [1.165, 1.54) is 0 Å². The third-order valence-corrected chi connectivity index (χ3v) is 7.16. The molecule has 0 bridgehead atoms. The molecule has 8 nitrogen and oxygen atoms in total. The van der Waals surface area contributed by atoms with Gasteiger partial charge in [0.15, 0.2) is 5.65 Å². The molecule has 0 aromatic carbocycles. The first-order valence-corrected chi connectivity index (χ1v) is 11.4. The number of piperidine rings is 1. The molecule has 31 heavy (non-hydrogen) atoms. The highest BCUT2D eigenvalue weighted by molar-refractivity contribution is 5.80. The van der Waals surface area contributed by atoms with E-state index in [0.717, 1.165) is 93.1 Å². The quantitative estimate of drug-likeness (QED) is 0.702. The van der Waals surface area contributed by atoms with Crippen LogP contribution in [0.1, 0.15) is 49.9 Å². The van der Waals surface area contributed by atoms with Crippen LogP contribution in [0.3, 0.4) is 0 Å². The van der Waals surface area contributed by atoms with E-state index < -0.39 is 0 Å². The molecule has 2 aliphatic heterocycles. The van der Waals surface area contributed by atoms with Crippen molar-refractivity contribution in [2.75, 3.05) is 31.1 Å². The Balaban J connectivity index is 1.25. The predicted octanol–water partition coefficient (Wildman–Crippen LogP) is 2.67. The summed E-state index contributed by atoms with van der Waals surface area (Å²) >= 11 is 0. The second-order valence-electron chi connectivity index (χ2n) is 9.15. The fraction of sp³-hybridized carbons (Fsp3) is 0.522. The fourth-order valence-electron chi connectivity index (χ4n) is 5.20. The monoisotopic (exact) mass is 417 g/mol. The molecule has 3 aromatic heterocycles. The van der Waals surface area contributed by atoms with E-state index in [4.69, 9.17) is 9.97 Å². The Hall–Kier alpha value is -3.03.